The fourth-order valence-electron chi connectivity index (χ4n) is 13.1. The minimum absolute atomic E-state index is 0.143. The van der Waals surface area contributed by atoms with Gasteiger partial charge in [0.05, 0.1) is 29.0 Å². The summed E-state index contributed by atoms with van der Waals surface area (Å²) < 4.78 is 27.4. The molecule has 0 radical (unpaired) electrons. The van der Waals surface area contributed by atoms with Gasteiger partial charge < -0.3 is 46.0 Å². The lowest BCUT2D eigenvalue weighted by Crippen LogP contribution is -2.41. The van der Waals surface area contributed by atoms with Crippen LogP contribution in [0, 0.1) is 0 Å². The zero-order valence-electron chi connectivity index (χ0n) is 54.2. The number of nitrogens with zero attached hydrogens (tertiary/aromatic N) is 15. The van der Waals surface area contributed by atoms with Crippen molar-refractivity contribution >= 4 is 83.9 Å². The van der Waals surface area contributed by atoms with Crippen molar-refractivity contribution in [3.63, 3.8) is 0 Å². The van der Waals surface area contributed by atoms with E-state index < -0.39 is 10.0 Å². The summed E-state index contributed by atoms with van der Waals surface area (Å²) in [6.07, 6.45) is 39.2. The molecule has 0 bridgehead atoms. The average molecular weight is 1310 g/mol. The first-order valence-corrected chi connectivity index (χ1v) is 35.1. The number of carbonyl (C=O) groups is 1. The molecule has 16 rings (SSSR count). The number of amides is 1. The summed E-state index contributed by atoms with van der Waals surface area (Å²) in [6.45, 7) is 5.27. The number of likely N-dealkylation sites (tertiary alicyclic amines) is 1. The average Bonchev–Trinajstić information content (AvgIpc) is 1.63. The summed E-state index contributed by atoms with van der Waals surface area (Å²) in [5.74, 6) is 2.78. The van der Waals surface area contributed by atoms with Gasteiger partial charge >= 0.3 is 0 Å². The number of hydrogen-bond acceptors (Lipinski definition) is 20. The van der Waals surface area contributed by atoms with Gasteiger partial charge in [-0.15, -0.1) is 0 Å². The summed E-state index contributed by atoms with van der Waals surface area (Å²) in [7, 11) is -1.44. The Morgan fingerprint density at radius 1 is 0.448 bits per heavy atom. The molecule has 0 atom stereocenters. The molecule has 0 aromatic carbocycles. The van der Waals surface area contributed by atoms with E-state index >= 15 is 0 Å². The van der Waals surface area contributed by atoms with Gasteiger partial charge in [0.1, 0.15) is 16.9 Å². The van der Waals surface area contributed by atoms with Crippen LogP contribution in [-0.2, 0) is 21.9 Å². The Morgan fingerprint density at radius 2 is 0.833 bits per heavy atom. The number of nitrogens with one attached hydrogen (secondary N) is 7. The monoisotopic (exact) mass is 1310 g/mol. The van der Waals surface area contributed by atoms with Gasteiger partial charge in [-0.05, 0) is 137 Å². The molecule has 25 nitrogen and oxygen atoms in total. The largest absolute Gasteiger partial charge is 0.351 e. The van der Waals surface area contributed by atoms with Crippen LogP contribution in [0.3, 0.4) is 0 Å². The lowest BCUT2D eigenvalue weighted by atomic mass is 9.96. The highest BCUT2D eigenvalue weighted by molar-refractivity contribution is 7.89. The van der Waals surface area contributed by atoms with Gasteiger partial charge in [0.25, 0.3) is 0 Å². The van der Waals surface area contributed by atoms with Crippen molar-refractivity contribution in [2.75, 3.05) is 53.7 Å². The molecule has 2 aliphatic carbocycles. The number of anilines is 4. The first-order chi connectivity index (χ1) is 46.9. The quantitative estimate of drug-likeness (QED) is 0.0564. The predicted molar refractivity (Wildman–Crippen MR) is 376 cm³/mol. The minimum Gasteiger partial charge on any atom is -0.351 e. The van der Waals surface area contributed by atoms with Crippen molar-refractivity contribution in [1.82, 2.24) is 88.5 Å². The molecule has 7 N–H and O–H groups in total. The Bertz CT molecular complexity index is 4710. The summed E-state index contributed by atoms with van der Waals surface area (Å²) in [4.78, 5) is 73.1. The molecule has 4 fully saturated rings. The molecule has 96 heavy (non-hydrogen) atoms. The van der Waals surface area contributed by atoms with E-state index in [4.69, 9.17) is 4.98 Å². The molecule has 494 valence electrons. The predicted octanol–water partition coefficient (Wildman–Crippen LogP) is 11.4. The van der Waals surface area contributed by atoms with Gasteiger partial charge in [-0.3, -0.25) is 4.79 Å². The van der Waals surface area contributed by atoms with E-state index in [1.165, 1.54) is 61.6 Å². The smallest absolute Gasteiger partial charge is 0.237 e. The Balaban J connectivity index is 0.000000116. The van der Waals surface area contributed by atoms with Gasteiger partial charge in [-0.25, -0.2) is 72.2 Å². The standard InChI is InChI=1S/C18H20N6O.C18H21N5O2S.C18H21N5.C16H18N6/c1-12(25)24-9-5-13(6-10-24)22-18-20-8-4-16(23-18)15-11-21-17-14(15)3-2-7-19-17;1-26(24,25)23-12-15(14-8-5-10-19-17(14)23)16-9-11-20-18(22-16)21-13-6-3-2-4-7-13;1-23-12-15(14-8-5-10-19-17(14)23)16-9-11-20-18(22-16)21-13-6-3-2-4-7-13;1-2-12-13(10-20-15(12)18-6-1)14-5-9-19-16(22-14)21-11-3-7-17-8-4-11/h2-4,7-8,11,13H,5-6,9-10H2,1H3,(H,19,21)(H,20,22,23);5,8-13H,2-4,6-7H2,1H3,(H,20,21,22);5,8-13H,2-4,6-7H2,1H3,(H,20,21,22);1-2,5-6,9-11,17H,3-4,7-8H2,(H,18,20)(H,19,21,22). The molecule has 26 heteroatoms. The maximum absolute atomic E-state index is 12.1. The first kappa shape index (κ1) is 64.4. The van der Waals surface area contributed by atoms with E-state index in [2.05, 4.69) is 110 Å². The summed E-state index contributed by atoms with van der Waals surface area (Å²) in [5.41, 5.74) is 10.4. The third-order valence-electron chi connectivity index (χ3n) is 18.1. The van der Waals surface area contributed by atoms with Gasteiger partial charge in [0.2, 0.25) is 39.7 Å². The van der Waals surface area contributed by atoms with Gasteiger partial charge in [0, 0.05) is 169 Å². The van der Waals surface area contributed by atoms with E-state index in [-0.39, 0.29) is 11.9 Å². The number of hydrogen-bond donors (Lipinski definition) is 7. The number of piperidine rings is 2. The molecule has 2 saturated heterocycles. The maximum atomic E-state index is 12.1. The topological polar surface area (TPSA) is 311 Å². The van der Waals surface area contributed by atoms with Crippen LogP contribution in [0.15, 0.2) is 147 Å². The molecule has 14 heterocycles. The number of aromatic nitrogens is 16. The molecule has 2 aliphatic heterocycles. The lowest BCUT2D eigenvalue weighted by Gasteiger charge is -2.31. The maximum Gasteiger partial charge on any atom is 0.237 e. The first-order valence-electron chi connectivity index (χ1n) is 33.2. The van der Waals surface area contributed by atoms with Crippen LogP contribution in [-0.4, -0.2) is 154 Å². The van der Waals surface area contributed by atoms with Crippen molar-refractivity contribution in [2.45, 2.75) is 121 Å². The lowest BCUT2D eigenvalue weighted by molar-refractivity contribution is -0.129. The van der Waals surface area contributed by atoms with Crippen molar-refractivity contribution in [2.24, 2.45) is 7.05 Å². The Labute approximate surface area is 556 Å². The van der Waals surface area contributed by atoms with Crippen LogP contribution in [0.1, 0.15) is 96.8 Å². The van der Waals surface area contributed by atoms with Crippen LogP contribution >= 0.6 is 0 Å². The summed E-state index contributed by atoms with van der Waals surface area (Å²) >= 11 is 0. The zero-order chi connectivity index (χ0) is 65.8. The molecule has 12 aromatic heterocycles. The van der Waals surface area contributed by atoms with E-state index in [1.54, 1.807) is 62.4 Å². The van der Waals surface area contributed by atoms with Crippen molar-refractivity contribution < 1.29 is 13.2 Å². The fourth-order valence-corrected chi connectivity index (χ4v) is 13.8. The zero-order valence-corrected chi connectivity index (χ0v) is 55.1. The highest BCUT2D eigenvalue weighted by Gasteiger charge is 2.24. The molecular formula is C70H80N22O3S. The van der Waals surface area contributed by atoms with E-state index in [9.17, 15) is 13.2 Å². The van der Waals surface area contributed by atoms with Crippen molar-refractivity contribution in [3.8, 4) is 45.0 Å². The number of carbonyl (C=O) groups excluding carboxylic acids is 1. The molecule has 1 amide bonds. The fraction of sp³-hybridized carbons (Fsp3) is 0.357. The van der Waals surface area contributed by atoms with Crippen LogP contribution in [0.2, 0.25) is 0 Å². The van der Waals surface area contributed by atoms with E-state index in [1.807, 2.05) is 89.8 Å². The normalized spacial score (nSPS) is 15.8. The summed E-state index contributed by atoms with van der Waals surface area (Å²) in [5, 5.41) is 21.1. The molecule has 2 saturated carbocycles. The van der Waals surface area contributed by atoms with Crippen molar-refractivity contribution in [3.05, 3.63) is 147 Å². The second kappa shape index (κ2) is 29.9. The number of H-pyrrole nitrogens is 2. The van der Waals surface area contributed by atoms with Crippen LogP contribution in [0.4, 0.5) is 23.8 Å². The number of rotatable bonds is 13. The van der Waals surface area contributed by atoms with Crippen LogP contribution in [0.25, 0.3) is 89.2 Å². The van der Waals surface area contributed by atoms with E-state index in [0.29, 0.717) is 47.3 Å². The van der Waals surface area contributed by atoms with E-state index in [0.717, 1.165) is 148 Å². The number of pyridine rings is 4. The minimum atomic E-state index is -3.45. The van der Waals surface area contributed by atoms with Gasteiger partial charge in [-0.2, -0.15) is 0 Å². The highest BCUT2D eigenvalue weighted by atomic mass is 32.2. The SMILES string of the molecule is CC(=O)N1CCC(Nc2nccc(-c3c[nH]c4ncccc34)n2)CC1.CS(=O)(=O)n1cc(-c2ccnc(NC3CCCCC3)n2)c2cccnc21.Cn1cc(-c2ccnc(NC3CCCCC3)n2)c2cccnc21.c1cnc2[nH]cc(-c3ccnc(NC4CCNCC4)n3)c2c1. The third kappa shape index (κ3) is 15.6. The highest BCUT2D eigenvalue weighted by Crippen LogP contribution is 2.33. The van der Waals surface area contributed by atoms with Crippen LogP contribution < -0.4 is 26.6 Å². The number of aryl methyl sites for hydroxylation is 1. The second-order valence-corrected chi connectivity index (χ2v) is 26.7. The van der Waals surface area contributed by atoms with Crippen LogP contribution in [0.5, 0.6) is 0 Å². The Hall–Kier alpha value is -10.3. The second-order valence-electron chi connectivity index (χ2n) is 24.8. The Kier molecular flexibility index (Phi) is 20.1. The summed E-state index contributed by atoms with van der Waals surface area (Å²) in [6, 6.07) is 24.9. The number of fused-ring (bicyclic) bond motifs is 4. The number of aromatic amines is 2. The molecular weight excluding hydrogens is 1230 g/mol. The van der Waals surface area contributed by atoms with Gasteiger partial charge in [0.15, 0.2) is 5.65 Å². The molecule has 12 aromatic rings. The third-order valence-corrected chi connectivity index (χ3v) is 19.1. The molecule has 0 unspecified atom stereocenters. The Morgan fingerprint density at radius 3 is 1.28 bits per heavy atom. The molecule has 4 aliphatic rings. The van der Waals surface area contributed by atoms with Crippen molar-refractivity contribution in [1.29, 1.82) is 0 Å². The molecule has 0 spiro atoms. The van der Waals surface area contributed by atoms with Gasteiger partial charge in [-0.1, -0.05) is 38.5 Å².